The van der Waals surface area contributed by atoms with Crippen LogP contribution in [0, 0.1) is 6.07 Å². The third kappa shape index (κ3) is 1.56. The largest absolute Gasteiger partial charge is 0.362 e. The highest BCUT2D eigenvalue weighted by molar-refractivity contribution is 5.58. The van der Waals surface area contributed by atoms with E-state index in [4.69, 9.17) is 4.84 Å². The highest BCUT2D eigenvalue weighted by atomic mass is 16.7. The predicted molar refractivity (Wildman–Crippen MR) is 45.7 cm³/mol. The molecule has 0 aromatic heterocycles. The lowest BCUT2D eigenvalue weighted by Gasteiger charge is -2.13. The Kier molecular flexibility index (Phi) is 1.94. The van der Waals surface area contributed by atoms with E-state index in [1.54, 1.807) is 5.17 Å². The van der Waals surface area contributed by atoms with E-state index in [1.165, 1.54) is 0 Å². The van der Waals surface area contributed by atoms with E-state index in [2.05, 4.69) is 11.2 Å². The Labute approximate surface area is 71.2 Å². The monoisotopic (exact) mass is 161 g/mol. The molecule has 0 bridgehead atoms. The van der Waals surface area contributed by atoms with Crippen LogP contribution in [-0.4, -0.2) is 17.9 Å². The van der Waals surface area contributed by atoms with Crippen LogP contribution < -0.4 is 4.84 Å². The molecular weight excluding hydrogens is 152 g/mol. The molecule has 0 spiro atoms. The second-order valence-electron chi connectivity index (χ2n) is 2.48. The van der Waals surface area contributed by atoms with E-state index < -0.39 is 0 Å². The molecule has 3 nitrogen and oxygen atoms in total. The van der Waals surface area contributed by atoms with E-state index in [0.29, 0.717) is 5.75 Å². The molecule has 1 aliphatic rings. The van der Waals surface area contributed by atoms with Gasteiger partial charge < -0.3 is 4.84 Å². The van der Waals surface area contributed by atoms with E-state index in [0.717, 1.165) is 13.0 Å². The lowest BCUT2D eigenvalue weighted by Crippen LogP contribution is -2.18. The minimum absolute atomic E-state index is 0.705. The van der Waals surface area contributed by atoms with Crippen LogP contribution in [0.1, 0.15) is 6.42 Å². The summed E-state index contributed by atoms with van der Waals surface area (Å²) in [5.41, 5.74) is 0. The van der Waals surface area contributed by atoms with Crippen molar-refractivity contribution in [2.45, 2.75) is 6.42 Å². The van der Waals surface area contributed by atoms with Gasteiger partial charge in [0.15, 0.2) is 5.75 Å². The third-order valence-electron chi connectivity index (χ3n) is 1.54. The first-order valence-corrected chi connectivity index (χ1v) is 3.90. The van der Waals surface area contributed by atoms with Crippen molar-refractivity contribution in [2.75, 3.05) is 6.54 Å². The first-order chi connectivity index (χ1) is 5.95. The molecule has 0 saturated carbocycles. The second kappa shape index (κ2) is 3.26. The fourth-order valence-electron chi connectivity index (χ4n) is 0.991. The normalized spacial score (nSPS) is 15.2. The summed E-state index contributed by atoms with van der Waals surface area (Å²) in [7, 11) is 0. The molecule has 2 rings (SSSR count). The number of rotatable bonds is 2. The highest BCUT2D eigenvalue weighted by Gasteiger charge is 2.06. The van der Waals surface area contributed by atoms with Gasteiger partial charge in [0.05, 0.1) is 6.54 Å². The quantitative estimate of drug-likeness (QED) is 0.656. The number of benzene rings is 1. The number of hydrogen-bond acceptors (Lipinski definition) is 3. The lowest BCUT2D eigenvalue weighted by atomic mass is 10.3. The maximum atomic E-state index is 5.36. The summed E-state index contributed by atoms with van der Waals surface area (Å²) < 4.78 is 0. The second-order valence-corrected chi connectivity index (χ2v) is 2.48. The summed E-state index contributed by atoms with van der Waals surface area (Å²) in [5, 5.41) is 5.56. The Balaban J connectivity index is 1.99. The molecule has 1 heterocycles. The van der Waals surface area contributed by atoms with Gasteiger partial charge in [-0.25, -0.2) is 0 Å². The lowest BCUT2D eigenvalue weighted by molar-refractivity contribution is -0.0459. The zero-order chi connectivity index (χ0) is 8.23. The molecule has 0 N–H and O–H groups in total. The molecule has 3 heteroatoms. The van der Waals surface area contributed by atoms with Gasteiger partial charge in [0, 0.05) is 18.7 Å². The molecule has 0 unspecified atom stereocenters. The number of hydroxylamine groups is 1. The molecule has 1 aromatic rings. The summed E-state index contributed by atoms with van der Waals surface area (Å²) in [6.45, 7) is 0.822. The number of nitrogens with zero attached hydrogens (tertiary/aromatic N) is 2. The van der Waals surface area contributed by atoms with Crippen molar-refractivity contribution >= 4 is 6.21 Å². The fourth-order valence-corrected chi connectivity index (χ4v) is 0.991. The summed E-state index contributed by atoms with van der Waals surface area (Å²) >= 11 is 0. The molecule has 12 heavy (non-hydrogen) atoms. The van der Waals surface area contributed by atoms with Crippen molar-refractivity contribution in [2.24, 2.45) is 5.10 Å². The van der Waals surface area contributed by atoms with Crippen molar-refractivity contribution in [3.63, 3.8) is 0 Å². The number of para-hydroxylation sites is 1. The van der Waals surface area contributed by atoms with Crippen LogP contribution in [0.2, 0.25) is 0 Å². The van der Waals surface area contributed by atoms with Crippen LogP contribution in [-0.2, 0) is 0 Å². The van der Waals surface area contributed by atoms with Gasteiger partial charge in [0.1, 0.15) is 0 Å². The molecule has 0 fully saturated rings. The van der Waals surface area contributed by atoms with E-state index in [-0.39, 0.29) is 0 Å². The van der Waals surface area contributed by atoms with Crippen LogP contribution >= 0.6 is 0 Å². The van der Waals surface area contributed by atoms with Crippen LogP contribution in [0.15, 0.2) is 29.4 Å². The smallest absolute Gasteiger partial charge is 0.165 e. The summed E-state index contributed by atoms with van der Waals surface area (Å²) in [6.07, 6.45) is 2.79. The first-order valence-electron chi connectivity index (χ1n) is 3.90. The molecule has 1 radical (unpaired) electrons. The molecule has 1 aromatic carbocycles. The van der Waals surface area contributed by atoms with Crippen molar-refractivity contribution in [1.82, 2.24) is 5.17 Å². The Morgan fingerprint density at radius 1 is 1.50 bits per heavy atom. The van der Waals surface area contributed by atoms with Crippen LogP contribution in [0.5, 0.6) is 5.75 Å². The van der Waals surface area contributed by atoms with Gasteiger partial charge in [-0.15, -0.1) is 5.17 Å². The van der Waals surface area contributed by atoms with Crippen LogP contribution in [0.3, 0.4) is 0 Å². The standard InChI is InChI=1S/C9H9N2O/c1-2-5-9(6-3-1)12-11-8-4-7-10-11/h1-3,5,7H,4,8H2. The Bertz CT molecular complexity index is 271. The zero-order valence-electron chi connectivity index (χ0n) is 6.60. The van der Waals surface area contributed by atoms with E-state index in [9.17, 15) is 0 Å². The predicted octanol–water partition coefficient (Wildman–Crippen LogP) is 1.47. The summed E-state index contributed by atoms with van der Waals surface area (Å²) in [6, 6.07) is 10.4. The SMILES string of the molecule is [c]1ccccc1ON1CCC=N1. The van der Waals surface area contributed by atoms with Crippen molar-refractivity contribution in [3.8, 4) is 5.75 Å². The minimum Gasteiger partial charge on any atom is -0.362 e. The summed E-state index contributed by atoms with van der Waals surface area (Å²) in [5.74, 6) is 0.705. The number of hydrazone groups is 1. The highest BCUT2D eigenvalue weighted by Crippen LogP contribution is 2.11. The zero-order valence-corrected chi connectivity index (χ0v) is 6.60. The maximum absolute atomic E-state index is 5.36. The molecule has 0 saturated heterocycles. The van der Waals surface area contributed by atoms with Gasteiger partial charge in [0.25, 0.3) is 0 Å². The van der Waals surface area contributed by atoms with Crippen molar-refractivity contribution < 1.29 is 4.84 Å². The van der Waals surface area contributed by atoms with Gasteiger partial charge in [-0.2, -0.15) is 5.10 Å². The third-order valence-corrected chi connectivity index (χ3v) is 1.54. The van der Waals surface area contributed by atoms with Gasteiger partial charge >= 0.3 is 0 Å². The van der Waals surface area contributed by atoms with Gasteiger partial charge in [-0.3, -0.25) is 0 Å². The Hall–Kier alpha value is -1.51. The van der Waals surface area contributed by atoms with Crippen LogP contribution in [0.25, 0.3) is 0 Å². The molecular formula is C9H9N2O. The topological polar surface area (TPSA) is 24.8 Å². The van der Waals surface area contributed by atoms with Crippen molar-refractivity contribution in [3.05, 3.63) is 30.3 Å². The molecule has 0 atom stereocenters. The Morgan fingerprint density at radius 2 is 2.50 bits per heavy atom. The van der Waals surface area contributed by atoms with Crippen molar-refractivity contribution in [1.29, 1.82) is 0 Å². The van der Waals surface area contributed by atoms with Gasteiger partial charge in [-0.1, -0.05) is 18.2 Å². The number of hydrogen-bond donors (Lipinski definition) is 0. The average molecular weight is 161 g/mol. The van der Waals surface area contributed by atoms with Crippen LogP contribution in [0.4, 0.5) is 0 Å². The van der Waals surface area contributed by atoms with Gasteiger partial charge in [0.2, 0.25) is 0 Å². The fraction of sp³-hybridized carbons (Fsp3) is 0.222. The molecule has 0 aliphatic carbocycles. The molecule has 61 valence electrons. The van der Waals surface area contributed by atoms with Gasteiger partial charge in [-0.05, 0) is 6.07 Å². The molecule has 1 aliphatic heterocycles. The van der Waals surface area contributed by atoms with E-state index >= 15 is 0 Å². The summed E-state index contributed by atoms with van der Waals surface area (Å²) in [4.78, 5) is 5.36. The average Bonchev–Trinajstić information content (AvgIpc) is 2.59. The minimum atomic E-state index is 0.705. The van der Waals surface area contributed by atoms with E-state index in [1.807, 2.05) is 30.5 Å². The molecule has 0 amide bonds. The maximum Gasteiger partial charge on any atom is 0.165 e. The Morgan fingerprint density at radius 3 is 3.17 bits per heavy atom. The first kappa shape index (κ1) is 7.16.